The molecule has 224 valence electrons. The van der Waals surface area contributed by atoms with E-state index in [9.17, 15) is 29.5 Å². The van der Waals surface area contributed by atoms with Crippen molar-refractivity contribution < 1.29 is 52.4 Å². The molecule has 2 heterocycles. The van der Waals surface area contributed by atoms with Gasteiger partial charge in [0.25, 0.3) is 5.85 Å². The third-order valence-electron chi connectivity index (χ3n) is 6.41. The zero-order valence-corrected chi connectivity index (χ0v) is 23.7. The molecule has 0 radical (unpaired) electrons. The largest absolute Gasteiger partial charge is 0.462 e. The molecule has 0 aliphatic carbocycles. The molecule has 7 atom stereocenters. The number of ether oxygens (including phenoxy) is 2. The summed E-state index contributed by atoms with van der Waals surface area (Å²) in [5.41, 5.74) is -2.38. The van der Waals surface area contributed by atoms with Crippen molar-refractivity contribution >= 4 is 30.5 Å². The number of amides is 2. The highest BCUT2D eigenvalue weighted by molar-refractivity contribution is 7.52. The number of nitrogens with one attached hydrogen (secondary N) is 2. The van der Waals surface area contributed by atoms with Crippen LogP contribution in [0.5, 0.6) is 5.75 Å². The minimum absolute atomic E-state index is 0.0858. The van der Waals surface area contributed by atoms with Gasteiger partial charge in [0.2, 0.25) is 0 Å². The molecule has 0 saturated carbocycles. The van der Waals surface area contributed by atoms with Crippen LogP contribution < -0.4 is 14.9 Å². The number of fused-ring (bicyclic) bond motifs is 1. The van der Waals surface area contributed by atoms with E-state index in [0.717, 1.165) is 29.5 Å². The van der Waals surface area contributed by atoms with E-state index >= 15 is 4.39 Å². The van der Waals surface area contributed by atoms with Gasteiger partial charge in [-0.05, 0) is 45.2 Å². The average Bonchev–Trinajstić information content (AvgIpc) is 3.07. The minimum atomic E-state index is -4.64. The summed E-state index contributed by atoms with van der Waals surface area (Å²) in [5, 5.41) is 37.1. The molecule has 15 heteroatoms. The molecule has 1 saturated heterocycles. The summed E-state index contributed by atoms with van der Waals surface area (Å²) in [7, 11) is -4.64. The molecule has 0 aromatic heterocycles. The van der Waals surface area contributed by atoms with Crippen LogP contribution in [0.4, 0.5) is 9.18 Å². The van der Waals surface area contributed by atoms with Crippen molar-refractivity contribution in [3.63, 3.8) is 0 Å². The van der Waals surface area contributed by atoms with Crippen LogP contribution >= 0.6 is 7.75 Å². The van der Waals surface area contributed by atoms with E-state index in [4.69, 9.17) is 18.5 Å². The van der Waals surface area contributed by atoms with E-state index in [0.29, 0.717) is 5.39 Å². The maximum absolute atomic E-state index is 16.1. The van der Waals surface area contributed by atoms with Gasteiger partial charge in [-0.1, -0.05) is 36.4 Å². The molecular formula is C26H33FN3O10P. The molecule has 0 spiro atoms. The number of aliphatic hydroxyl groups is 3. The lowest BCUT2D eigenvalue weighted by atomic mass is 9.95. The maximum Gasteiger partial charge on any atom is 0.459 e. The van der Waals surface area contributed by atoms with Gasteiger partial charge >= 0.3 is 19.7 Å². The van der Waals surface area contributed by atoms with E-state index < -0.39 is 68.5 Å². The number of hydrogen-bond donors (Lipinski definition) is 5. The Balaban J connectivity index is 1.61. The Bertz CT molecular complexity index is 1370. The summed E-state index contributed by atoms with van der Waals surface area (Å²) in [6, 6.07) is 9.74. The summed E-state index contributed by atoms with van der Waals surface area (Å²) in [6.45, 7) is 4.36. The Morgan fingerprint density at radius 1 is 1.22 bits per heavy atom. The predicted octanol–water partition coefficient (Wildman–Crippen LogP) is 2.26. The summed E-state index contributed by atoms with van der Waals surface area (Å²) in [4.78, 5) is 25.6. The first-order chi connectivity index (χ1) is 19.1. The third-order valence-corrected chi connectivity index (χ3v) is 8.02. The molecule has 2 aliphatic heterocycles. The molecular weight excluding hydrogens is 564 g/mol. The summed E-state index contributed by atoms with van der Waals surface area (Å²) < 4.78 is 51.7. The van der Waals surface area contributed by atoms with E-state index in [-0.39, 0.29) is 5.75 Å². The number of hydrogen-bond acceptors (Lipinski definition) is 10. The first-order valence-corrected chi connectivity index (χ1v) is 14.3. The number of aliphatic hydroxyl groups excluding tert-OH is 2. The SMILES string of the molecule is CC(C)OC(=O)[C@H](C)NP(=O)(OC[C@@]1(F)O[C@@H](N2C=CC(O)NC2=O)[C@](C)(O)[C@@H]1O)Oc1cccc2ccccc12. The molecule has 41 heavy (non-hydrogen) atoms. The van der Waals surface area contributed by atoms with Gasteiger partial charge in [-0.3, -0.25) is 14.2 Å². The monoisotopic (exact) mass is 597 g/mol. The average molecular weight is 598 g/mol. The molecule has 2 aromatic carbocycles. The highest BCUT2D eigenvalue weighted by Crippen LogP contribution is 2.50. The Kier molecular flexibility index (Phi) is 8.76. The van der Waals surface area contributed by atoms with Gasteiger partial charge in [0, 0.05) is 11.6 Å². The van der Waals surface area contributed by atoms with E-state index in [1.807, 2.05) is 0 Å². The van der Waals surface area contributed by atoms with Crippen LogP contribution in [-0.4, -0.2) is 81.0 Å². The molecule has 13 nitrogen and oxygen atoms in total. The van der Waals surface area contributed by atoms with Crippen molar-refractivity contribution in [1.82, 2.24) is 15.3 Å². The summed E-state index contributed by atoms with van der Waals surface area (Å²) in [5.74, 6) is -3.91. The van der Waals surface area contributed by atoms with Gasteiger partial charge in [-0.15, -0.1) is 0 Å². The second-order valence-electron chi connectivity index (χ2n) is 10.2. The first-order valence-electron chi connectivity index (χ1n) is 12.8. The maximum atomic E-state index is 16.1. The van der Waals surface area contributed by atoms with Gasteiger partial charge in [0.1, 0.15) is 36.3 Å². The van der Waals surface area contributed by atoms with Crippen LogP contribution in [-0.2, 0) is 23.4 Å². The molecule has 1 fully saturated rings. The fourth-order valence-corrected chi connectivity index (χ4v) is 5.88. The van der Waals surface area contributed by atoms with Crippen molar-refractivity contribution in [3.05, 3.63) is 54.7 Å². The van der Waals surface area contributed by atoms with Gasteiger partial charge < -0.3 is 34.6 Å². The minimum Gasteiger partial charge on any atom is -0.462 e. The number of halogens is 1. The van der Waals surface area contributed by atoms with E-state index in [1.54, 1.807) is 50.2 Å². The molecule has 2 unspecified atom stereocenters. The van der Waals surface area contributed by atoms with Crippen molar-refractivity contribution in [1.29, 1.82) is 0 Å². The predicted molar refractivity (Wildman–Crippen MR) is 143 cm³/mol. The Morgan fingerprint density at radius 2 is 1.90 bits per heavy atom. The van der Waals surface area contributed by atoms with Gasteiger partial charge in [0.05, 0.1) is 6.10 Å². The molecule has 4 rings (SSSR count). The number of esters is 1. The zero-order chi connectivity index (χ0) is 30.2. The summed E-state index contributed by atoms with van der Waals surface area (Å²) in [6.07, 6.45) is -3.69. The topological polar surface area (TPSA) is 176 Å². The highest BCUT2D eigenvalue weighted by Gasteiger charge is 2.65. The Morgan fingerprint density at radius 3 is 2.59 bits per heavy atom. The number of urea groups is 1. The summed E-state index contributed by atoms with van der Waals surface area (Å²) >= 11 is 0. The number of carbonyl (C=O) groups excluding carboxylic acids is 2. The molecule has 0 bridgehead atoms. The number of alkyl halides is 1. The normalized spacial score (nSPS) is 30.2. The van der Waals surface area contributed by atoms with Crippen molar-refractivity contribution in [2.75, 3.05) is 6.61 Å². The first kappa shape index (κ1) is 30.8. The lowest BCUT2D eigenvalue weighted by Crippen LogP contribution is -2.57. The lowest BCUT2D eigenvalue weighted by Gasteiger charge is -2.35. The van der Waals surface area contributed by atoms with Gasteiger partial charge in [0.15, 0.2) is 6.23 Å². The molecule has 2 aromatic rings. The zero-order valence-electron chi connectivity index (χ0n) is 22.8. The van der Waals surface area contributed by atoms with Gasteiger partial charge in [-0.25, -0.2) is 13.8 Å². The van der Waals surface area contributed by atoms with Gasteiger partial charge in [-0.2, -0.15) is 5.09 Å². The van der Waals surface area contributed by atoms with Crippen molar-refractivity contribution in [3.8, 4) is 5.75 Å². The quantitative estimate of drug-likeness (QED) is 0.201. The van der Waals surface area contributed by atoms with Crippen LogP contribution in [0.15, 0.2) is 54.7 Å². The standard InChI is InChI=1S/C26H33FN3O10P/c1-15(2)38-21(32)16(3)29-41(36,40-19-11-7-9-17-8-5-6-10-18(17)19)37-14-26(27)22(33)25(4,35)23(39-26)30-13-12-20(31)28-24(30)34/h5-13,15-16,20,22-23,31,33,35H,14H2,1-4H3,(H,28,34)(H,29,36)/t16-,20?,22-,23+,25+,26+,41?/m0/s1. The second-order valence-corrected chi connectivity index (χ2v) is 11.9. The fraction of sp³-hybridized carbons (Fsp3) is 0.462. The lowest BCUT2D eigenvalue weighted by molar-refractivity contribution is -0.204. The van der Waals surface area contributed by atoms with Crippen LogP contribution in [0.25, 0.3) is 10.8 Å². The smallest absolute Gasteiger partial charge is 0.459 e. The van der Waals surface area contributed by atoms with Crippen molar-refractivity contribution in [2.24, 2.45) is 0 Å². The number of benzene rings is 2. The molecule has 2 amide bonds. The highest BCUT2D eigenvalue weighted by atomic mass is 31.2. The Labute approximate surface area is 235 Å². The van der Waals surface area contributed by atoms with E-state index in [1.165, 1.54) is 13.0 Å². The number of nitrogens with zero attached hydrogens (tertiary/aromatic N) is 1. The Hall–Kier alpha value is -3.10. The van der Waals surface area contributed by atoms with Crippen LogP contribution in [0.1, 0.15) is 27.7 Å². The van der Waals surface area contributed by atoms with Crippen LogP contribution in [0.2, 0.25) is 0 Å². The van der Waals surface area contributed by atoms with E-state index in [2.05, 4.69) is 10.4 Å². The van der Waals surface area contributed by atoms with Crippen LogP contribution in [0, 0.1) is 0 Å². The fourth-order valence-electron chi connectivity index (χ4n) is 4.36. The third kappa shape index (κ3) is 6.54. The number of carbonyl (C=O) groups is 2. The second kappa shape index (κ2) is 11.6. The molecule has 2 aliphatic rings. The van der Waals surface area contributed by atoms with Crippen LogP contribution in [0.3, 0.4) is 0 Å². The van der Waals surface area contributed by atoms with Crippen molar-refractivity contribution in [2.45, 2.75) is 69.9 Å². The number of rotatable bonds is 10. The molecule has 5 N–H and O–H groups in total.